The van der Waals surface area contributed by atoms with E-state index in [2.05, 4.69) is 5.32 Å². The third-order valence-corrected chi connectivity index (χ3v) is 1.41. The summed E-state index contributed by atoms with van der Waals surface area (Å²) >= 11 is 0. The number of hydrogen-bond acceptors (Lipinski definition) is 2. The van der Waals surface area contributed by atoms with Crippen LogP contribution in [0.2, 0.25) is 0 Å². The van der Waals surface area contributed by atoms with Gasteiger partial charge in [0.05, 0.1) is 6.04 Å². The molecule has 0 aliphatic heterocycles. The number of carbonyl (C=O) groups is 1. The van der Waals surface area contributed by atoms with E-state index < -0.39 is 6.04 Å². The molecule has 0 saturated carbocycles. The minimum absolute atomic E-state index is 0. The number of halogens is 1. The molecular weight excluding hydrogens is 164 g/mol. The average Bonchev–Trinajstić information content (AvgIpc) is 1.87. The Kier molecular flexibility index (Phi) is 7.79. The molecule has 0 fully saturated rings. The zero-order valence-electron chi connectivity index (χ0n) is 7.26. The Balaban J connectivity index is 0. The standard InChI is InChI=1S/C7H16N2O.ClH/c1-4-5(2)9-7(10)6(3)8;/h5-6H,4,8H2,1-3H3,(H,9,10);1H. The Labute approximate surface area is 74.1 Å². The summed E-state index contributed by atoms with van der Waals surface area (Å²) in [6, 6.07) is -0.160. The lowest BCUT2D eigenvalue weighted by atomic mass is 10.2. The van der Waals surface area contributed by atoms with Gasteiger partial charge in [-0.1, -0.05) is 6.92 Å². The van der Waals surface area contributed by atoms with E-state index in [1.807, 2.05) is 13.8 Å². The van der Waals surface area contributed by atoms with Gasteiger partial charge in [0.2, 0.25) is 5.91 Å². The van der Waals surface area contributed by atoms with Crippen LogP contribution in [0.5, 0.6) is 0 Å². The summed E-state index contributed by atoms with van der Waals surface area (Å²) < 4.78 is 0. The molecule has 0 radical (unpaired) electrons. The van der Waals surface area contributed by atoms with Crippen molar-refractivity contribution in [2.24, 2.45) is 5.73 Å². The van der Waals surface area contributed by atoms with Crippen LogP contribution in [0.15, 0.2) is 0 Å². The number of carbonyl (C=O) groups excluding carboxylic acids is 1. The molecule has 2 unspecified atom stereocenters. The van der Waals surface area contributed by atoms with Crippen LogP contribution < -0.4 is 11.1 Å². The lowest BCUT2D eigenvalue weighted by molar-refractivity contribution is -0.122. The van der Waals surface area contributed by atoms with E-state index in [4.69, 9.17) is 5.73 Å². The van der Waals surface area contributed by atoms with Gasteiger partial charge in [0.15, 0.2) is 0 Å². The van der Waals surface area contributed by atoms with Crippen LogP contribution in [0.3, 0.4) is 0 Å². The fraction of sp³-hybridized carbons (Fsp3) is 0.857. The predicted octanol–water partition coefficient (Wildman–Crippen LogP) is 0.670. The summed E-state index contributed by atoms with van der Waals surface area (Å²) in [5, 5.41) is 2.77. The molecule has 0 aliphatic carbocycles. The highest BCUT2D eigenvalue weighted by Gasteiger charge is 2.08. The van der Waals surface area contributed by atoms with Gasteiger partial charge in [-0.05, 0) is 20.3 Å². The molecule has 2 atom stereocenters. The first kappa shape index (κ1) is 13.3. The fourth-order valence-electron chi connectivity index (χ4n) is 0.476. The van der Waals surface area contributed by atoms with Crippen molar-refractivity contribution >= 4 is 18.3 Å². The normalized spacial score (nSPS) is 14.5. The predicted molar refractivity (Wildman–Crippen MR) is 48.8 cm³/mol. The molecule has 0 spiro atoms. The molecule has 0 saturated heterocycles. The molecule has 0 heterocycles. The van der Waals surface area contributed by atoms with Crippen molar-refractivity contribution < 1.29 is 4.79 Å². The lowest BCUT2D eigenvalue weighted by Gasteiger charge is -2.12. The van der Waals surface area contributed by atoms with Crippen LogP contribution in [0.4, 0.5) is 0 Å². The van der Waals surface area contributed by atoms with Gasteiger partial charge in [0.25, 0.3) is 0 Å². The first-order valence-corrected chi connectivity index (χ1v) is 3.63. The summed E-state index contributed by atoms with van der Waals surface area (Å²) in [6.07, 6.45) is 0.943. The van der Waals surface area contributed by atoms with Gasteiger partial charge in [-0.2, -0.15) is 0 Å². The second-order valence-corrected chi connectivity index (χ2v) is 2.61. The number of amides is 1. The van der Waals surface area contributed by atoms with Crippen LogP contribution in [0.1, 0.15) is 27.2 Å². The maximum absolute atomic E-state index is 10.9. The minimum Gasteiger partial charge on any atom is -0.352 e. The van der Waals surface area contributed by atoms with Gasteiger partial charge in [-0.3, -0.25) is 4.79 Å². The van der Waals surface area contributed by atoms with Crippen molar-refractivity contribution in [3.8, 4) is 0 Å². The summed E-state index contributed by atoms with van der Waals surface area (Å²) in [6.45, 7) is 5.66. The average molecular weight is 181 g/mol. The number of nitrogens with one attached hydrogen (secondary N) is 1. The SMILES string of the molecule is CCC(C)NC(=O)C(C)N.Cl. The second kappa shape index (κ2) is 6.43. The van der Waals surface area contributed by atoms with E-state index in [0.29, 0.717) is 0 Å². The van der Waals surface area contributed by atoms with Gasteiger partial charge >= 0.3 is 0 Å². The molecule has 68 valence electrons. The summed E-state index contributed by atoms with van der Waals surface area (Å²) in [5.74, 6) is -0.0747. The summed E-state index contributed by atoms with van der Waals surface area (Å²) in [4.78, 5) is 10.9. The monoisotopic (exact) mass is 180 g/mol. The first-order chi connectivity index (χ1) is 4.57. The molecule has 0 rings (SSSR count). The molecule has 1 amide bonds. The maximum Gasteiger partial charge on any atom is 0.236 e. The summed E-state index contributed by atoms with van der Waals surface area (Å²) in [7, 11) is 0. The zero-order chi connectivity index (χ0) is 8.15. The molecule has 11 heavy (non-hydrogen) atoms. The van der Waals surface area contributed by atoms with E-state index in [0.717, 1.165) is 6.42 Å². The van der Waals surface area contributed by atoms with Crippen LogP contribution in [0.25, 0.3) is 0 Å². The van der Waals surface area contributed by atoms with E-state index in [-0.39, 0.29) is 24.4 Å². The third kappa shape index (κ3) is 6.13. The molecular formula is C7H17ClN2O. The van der Waals surface area contributed by atoms with Gasteiger partial charge in [0, 0.05) is 6.04 Å². The maximum atomic E-state index is 10.9. The number of nitrogens with two attached hydrogens (primary N) is 1. The minimum atomic E-state index is -0.394. The Morgan fingerprint density at radius 3 is 2.27 bits per heavy atom. The summed E-state index contributed by atoms with van der Waals surface area (Å²) in [5.41, 5.74) is 5.33. The molecule has 0 aromatic heterocycles. The number of rotatable bonds is 3. The van der Waals surface area contributed by atoms with Crippen molar-refractivity contribution in [3.05, 3.63) is 0 Å². The van der Waals surface area contributed by atoms with Crippen LogP contribution in [-0.2, 0) is 4.79 Å². The quantitative estimate of drug-likeness (QED) is 0.671. The highest BCUT2D eigenvalue weighted by Crippen LogP contribution is 1.87. The topological polar surface area (TPSA) is 55.1 Å². The Morgan fingerprint density at radius 2 is 2.00 bits per heavy atom. The van der Waals surface area contributed by atoms with Crippen LogP contribution >= 0.6 is 12.4 Å². The van der Waals surface area contributed by atoms with Crippen molar-refractivity contribution in [2.75, 3.05) is 0 Å². The molecule has 4 heteroatoms. The molecule has 3 nitrogen and oxygen atoms in total. The van der Waals surface area contributed by atoms with E-state index in [1.54, 1.807) is 6.92 Å². The Hall–Kier alpha value is -0.280. The van der Waals surface area contributed by atoms with Gasteiger partial charge < -0.3 is 11.1 Å². The van der Waals surface area contributed by atoms with E-state index in [1.165, 1.54) is 0 Å². The smallest absolute Gasteiger partial charge is 0.236 e. The van der Waals surface area contributed by atoms with Gasteiger partial charge in [-0.25, -0.2) is 0 Å². The number of hydrogen-bond donors (Lipinski definition) is 2. The molecule has 0 aromatic rings. The lowest BCUT2D eigenvalue weighted by Crippen LogP contribution is -2.42. The Bertz CT molecular complexity index is 117. The molecule has 3 N–H and O–H groups in total. The van der Waals surface area contributed by atoms with Crippen molar-refractivity contribution in [3.63, 3.8) is 0 Å². The fourth-order valence-corrected chi connectivity index (χ4v) is 0.476. The second-order valence-electron chi connectivity index (χ2n) is 2.61. The first-order valence-electron chi connectivity index (χ1n) is 3.63. The van der Waals surface area contributed by atoms with Crippen molar-refractivity contribution in [2.45, 2.75) is 39.3 Å². The van der Waals surface area contributed by atoms with E-state index in [9.17, 15) is 4.79 Å². The van der Waals surface area contributed by atoms with Crippen molar-refractivity contribution in [1.82, 2.24) is 5.32 Å². The van der Waals surface area contributed by atoms with Crippen LogP contribution in [0, 0.1) is 0 Å². The highest BCUT2D eigenvalue weighted by molar-refractivity contribution is 5.85. The molecule has 0 bridgehead atoms. The molecule has 0 aliphatic rings. The van der Waals surface area contributed by atoms with Gasteiger partial charge in [-0.15, -0.1) is 12.4 Å². The van der Waals surface area contributed by atoms with Gasteiger partial charge in [0.1, 0.15) is 0 Å². The van der Waals surface area contributed by atoms with E-state index >= 15 is 0 Å². The largest absolute Gasteiger partial charge is 0.352 e. The third-order valence-electron chi connectivity index (χ3n) is 1.41. The van der Waals surface area contributed by atoms with Crippen LogP contribution in [-0.4, -0.2) is 18.0 Å². The zero-order valence-corrected chi connectivity index (χ0v) is 8.07. The molecule has 0 aromatic carbocycles. The Morgan fingerprint density at radius 1 is 1.55 bits per heavy atom. The van der Waals surface area contributed by atoms with Crippen molar-refractivity contribution in [1.29, 1.82) is 0 Å². The highest BCUT2D eigenvalue weighted by atomic mass is 35.5.